The van der Waals surface area contributed by atoms with Gasteiger partial charge in [0.2, 0.25) is 0 Å². The summed E-state index contributed by atoms with van der Waals surface area (Å²) in [6.45, 7) is -0.382. The standard InChI is InChI=1S/C14H13FN2O6S2/c15-24(19,20)12-5-2-6-13(8-12)25(21,22)17-10-3-1-4-11(7-10)23-9-14(16)18/h1-8,17H,9H2,(H2,16,18). The first-order valence-electron chi connectivity index (χ1n) is 6.67. The van der Waals surface area contributed by atoms with Gasteiger partial charge >= 0.3 is 10.2 Å². The van der Waals surface area contributed by atoms with Crippen LogP contribution in [0.25, 0.3) is 0 Å². The minimum absolute atomic E-state index is 0.0930. The highest BCUT2D eigenvalue weighted by Crippen LogP contribution is 2.23. The van der Waals surface area contributed by atoms with Crippen LogP contribution < -0.4 is 15.2 Å². The second kappa shape index (κ2) is 7.07. The van der Waals surface area contributed by atoms with Gasteiger partial charge in [-0.1, -0.05) is 12.1 Å². The van der Waals surface area contributed by atoms with Crippen molar-refractivity contribution in [3.05, 3.63) is 48.5 Å². The Balaban J connectivity index is 2.27. The fourth-order valence-electron chi connectivity index (χ4n) is 1.81. The second-order valence-corrected chi connectivity index (χ2v) is 7.83. The molecule has 0 fully saturated rings. The zero-order valence-corrected chi connectivity index (χ0v) is 14.2. The van der Waals surface area contributed by atoms with Crippen LogP contribution in [-0.2, 0) is 25.0 Å². The number of sulfonamides is 1. The zero-order chi connectivity index (χ0) is 18.7. The van der Waals surface area contributed by atoms with E-state index < -0.39 is 35.9 Å². The highest BCUT2D eigenvalue weighted by atomic mass is 32.3. The number of benzene rings is 2. The number of carbonyl (C=O) groups excluding carboxylic acids is 1. The Bertz CT molecular complexity index is 1010. The van der Waals surface area contributed by atoms with Gasteiger partial charge in [0.15, 0.2) is 6.61 Å². The SMILES string of the molecule is NC(=O)COc1cccc(NS(=O)(=O)c2cccc(S(=O)(=O)F)c2)c1. The molecule has 134 valence electrons. The van der Waals surface area contributed by atoms with E-state index in [1.807, 2.05) is 0 Å². The molecule has 2 aromatic carbocycles. The van der Waals surface area contributed by atoms with Gasteiger partial charge in [-0.3, -0.25) is 9.52 Å². The number of amides is 1. The third-order valence-electron chi connectivity index (χ3n) is 2.86. The van der Waals surface area contributed by atoms with E-state index in [0.29, 0.717) is 6.07 Å². The van der Waals surface area contributed by atoms with Crippen LogP contribution in [0.2, 0.25) is 0 Å². The Morgan fingerprint density at radius 1 is 1.04 bits per heavy atom. The van der Waals surface area contributed by atoms with Crippen LogP contribution in [0.3, 0.4) is 0 Å². The molecule has 0 heterocycles. The lowest BCUT2D eigenvalue weighted by Crippen LogP contribution is -2.20. The molecular weight excluding hydrogens is 375 g/mol. The first-order valence-corrected chi connectivity index (χ1v) is 9.53. The molecule has 3 N–H and O–H groups in total. The van der Waals surface area contributed by atoms with Gasteiger partial charge in [0.05, 0.1) is 15.5 Å². The number of hydrogen-bond acceptors (Lipinski definition) is 6. The van der Waals surface area contributed by atoms with E-state index in [1.54, 1.807) is 0 Å². The van der Waals surface area contributed by atoms with Crippen molar-refractivity contribution in [2.24, 2.45) is 5.73 Å². The Morgan fingerprint density at radius 3 is 2.32 bits per heavy atom. The van der Waals surface area contributed by atoms with Crippen molar-refractivity contribution >= 4 is 31.8 Å². The molecule has 2 rings (SSSR count). The summed E-state index contributed by atoms with van der Waals surface area (Å²) in [6.07, 6.45) is 0. The van der Waals surface area contributed by atoms with Gasteiger partial charge in [0, 0.05) is 6.07 Å². The lowest BCUT2D eigenvalue weighted by molar-refractivity contribution is -0.119. The monoisotopic (exact) mass is 388 g/mol. The third-order valence-corrected chi connectivity index (χ3v) is 5.06. The van der Waals surface area contributed by atoms with Crippen LogP contribution in [0.1, 0.15) is 0 Å². The van der Waals surface area contributed by atoms with Crippen LogP contribution in [-0.4, -0.2) is 29.3 Å². The smallest absolute Gasteiger partial charge is 0.332 e. The fourth-order valence-corrected chi connectivity index (χ4v) is 3.49. The normalized spacial score (nSPS) is 11.7. The molecule has 0 aliphatic carbocycles. The fraction of sp³-hybridized carbons (Fsp3) is 0.0714. The molecule has 0 saturated heterocycles. The predicted octanol–water partition coefficient (Wildman–Crippen LogP) is 1.01. The minimum atomic E-state index is -5.04. The number of ether oxygens (including phenoxy) is 1. The Labute approximate surface area is 143 Å². The number of primary amides is 1. The van der Waals surface area contributed by atoms with Crippen LogP contribution in [0, 0.1) is 0 Å². The Kier molecular flexibility index (Phi) is 5.28. The first kappa shape index (κ1) is 18.7. The maximum Gasteiger partial charge on any atom is 0.332 e. The van der Waals surface area contributed by atoms with Gasteiger partial charge in [-0.05, 0) is 30.3 Å². The molecule has 0 atom stereocenters. The van der Waals surface area contributed by atoms with Crippen molar-refractivity contribution in [3.63, 3.8) is 0 Å². The molecule has 0 spiro atoms. The van der Waals surface area contributed by atoms with Crippen LogP contribution in [0.15, 0.2) is 58.3 Å². The van der Waals surface area contributed by atoms with E-state index in [9.17, 15) is 25.5 Å². The summed E-state index contributed by atoms with van der Waals surface area (Å²) < 4.78 is 66.7. The number of halogens is 1. The molecule has 25 heavy (non-hydrogen) atoms. The van der Waals surface area contributed by atoms with Crippen molar-refractivity contribution < 1.29 is 30.3 Å². The van der Waals surface area contributed by atoms with Crippen molar-refractivity contribution in [3.8, 4) is 5.75 Å². The van der Waals surface area contributed by atoms with E-state index in [1.165, 1.54) is 24.3 Å². The van der Waals surface area contributed by atoms with Gasteiger partial charge in [0.25, 0.3) is 15.9 Å². The van der Waals surface area contributed by atoms with Crippen LogP contribution >= 0.6 is 0 Å². The average molecular weight is 388 g/mol. The van der Waals surface area contributed by atoms with Gasteiger partial charge in [-0.2, -0.15) is 8.42 Å². The van der Waals surface area contributed by atoms with E-state index in [2.05, 4.69) is 4.72 Å². The van der Waals surface area contributed by atoms with Crippen molar-refractivity contribution in [1.29, 1.82) is 0 Å². The van der Waals surface area contributed by atoms with Crippen molar-refractivity contribution in [1.82, 2.24) is 0 Å². The zero-order valence-electron chi connectivity index (χ0n) is 12.5. The predicted molar refractivity (Wildman–Crippen MR) is 86.7 cm³/mol. The lowest BCUT2D eigenvalue weighted by atomic mass is 10.3. The molecule has 0 unspecified atom stereocenters. The molecule has 0 aliphatic heterocycles. The summed E-state index contributed by atoms with van der Waals surface area (Å²) in [5.41, 5.74) is 5.04. The maximum absolute atomic E-state index is 13.0. The highest BCUT2D eigenvalue weighted by Gasteiger charge is 2.19. The van der Waals surface area contributed by atoms with Crippen LogP contribution in [0.4, 0.5) is 9.57 Å². The summed E-state index contributed by atoms with van der Waals surface area (Å²) >= 11 is 0. The number of nitrogens with two attached hydrogens (primary N) is 1. The quantitative estimate of drug-likeness (QED) is 0.680. The van der Waals surface area contributed by atoms with E-state index in [0.717, 1.165) is 18.2 Å². The second-order valence-electron chi connectivity index (χ2n) is 4.80. The van der Waals surface area contributed by atoms with Gasteiger partial charge in [-0.25, -0.2) is 8.42 Å². The number of nitrogens with one attached hydrogen (secondary N) is 1. The first-order chi connectivity index (χ1) is 11.6. The Morgan fingerprint density at radius 2 is 1.68 bits per heavy atom. The average Bonchev–Trinajstić information content (AvgIpc) is 2.52. The molecule has 0 radical (unpaired) electrons. The van der Waals surface area contributed by atoms with Crippen molar-refractivity contribution in [2.75, 3.05) is 11.3 Å². The summed E-state index contributed by atoms with van der Waals surface area (Å²) in [5, 5.41) is 0. The summed E-state index contributed by atoms with van der Waals surface area (Å²) in [6, 6.07) is 9.52. The third kappa shape index (κ3) is 5.16. The van der Waals surface area contributed by atoms with Crippen molar-refractivity contribution in [2.45, 2.75) is 9.79 Å². The summed E-state index contributed by atoms with van der Waals surface area (Å²) in [5.74, 6) is -0.505. The summed E-state index contributed by atoms with van der Waals surface area (Å²) in [4.78, 5) is 9.49. The number of anilines is 1. The molecule has 1 amide bonds. The van der Waals surface area contributed by atoms with E-state index in [4.69, 9.17) is 10.5 Å². The van der Waals surface area contributed by atoms with E-state index >= 15 is 0 Å². The number of hydrogen-bond donors (Lipinski definition) is 2. The molecule has 8 nitrogen and oxygen atoms in total. The number of carbonyl (C=O) groups is 1. The minimum Gasteiger partial charge on any atom is -0.484 e. The van der Waals surface area contributed by atoms with Crippen LogP contribution in [0.5, 0.6) is 5.75 Å². The number of rotatable bonds is 7. The van der Waals surface area contributed by atoms with Gasteiger partial charge in [-0.15, -0.1) is 3.89 Å². The molecule has 0 aromatic heterocycles. The van der Waals surface area contributed by atoms with E-state index in [-0.39, 0.29) is 18.0 Å². The molecule has 0 saturated carbocycles. The topological polar surface area (TPSA) is 133 Å². The van der Waals surface area contributed by atoms with Gasteiger partial charge in [0.1, 0.15) is 5.75 Å². The maximum atomic E-state index is 13.0. The molecule has 0 aliphatic rings. The molecule has 11 heteroatoms. The highest BCUT2D eigenvalue weighted by molar-refractivity contribution is 7.92. The lowest BCUT2D eigenvalue weighted by Gasteiger charge is -2.10. The largest absolute Gasteiger partial charge is 0.484 e. The molecular formula is C14H13FN2O6S2. The Hall–Kier alpha value is -2.66. The van der Waals surface area contributed by atoms with Gasteiger partial charge < -0.3 is 10.5 Å². The summed E-state index contributed by atoms with van der Waals surface area (Å²) in [7, 11) is -9.21. The molecule has 2 aromatic rings. The molecule has 0 bridgehead atoms.